The molecule has 33 heavy (non-hydrogen) atoms. The minimum Gasteiger partial charge on any atom is -0.393 e. The van der Waals surface area contributed by atoms with E-state index in [4.69, 9.17) is 0 Å². The molecular formula is C27H44O5S. The first-order chi connectivity index (χ1) is 15.3. The molecule has 3 N–H and O–H groups in total. The number of sulfone groups is 1. The smallest absolute Gasteiger partial charge is 0.164 e. The molecule has 2 fully saturated rings. The third-order valence-corrected chi connectivity index (χ3v) is 11.5. The number of rotatable bonds is 6. The Kier molecular flexibility index (Phi) is 6.98. The number of fused-ring (bicyclic) bond motifs is 1. The fraction of sp³-hybridized carbons (Fsp3) is 0.852. The molecule has 7 atom stereocenters. The van der Waals surface area contributed by atoms with Crippen LogP contribution in [0.5, 0.6) is 0 Å². The topological polar surface area (TPSA) is 94.8 Å². The molecule has 1 unspecified atom stereocenters. The minimum absolute atomic E-state index is 0.162. The number of allylic oxidation sites excluding steroid dienone is 1. The molecule has 4 aliphatic rings. The maximum absolute atomic E-state index is 13.1. The zero-order valence-corrected chi connectivity index (χ0v) is 21.7. The summed E-state index contributed by atoms with van der Waals surface area (Å²) in [5.41, 5.74) is 2.46. The largest absolute Gasteiger partial charge is 0.393 e. The molecule has 6 heteroatoms. The van der Waals surface area contributed by atoms with E-state index in [9.17, 15) is 23.7 Å². The Morgan fingerprint density at radius 3 is 2.61 bits per heavy atom. The van der Waals surface area contributed by atoms with Gasteiger partial charge in [-0.25, -0.2) is 8.42 Å². The van der Waals surface area contributed by atoms with Gasteiger partial charge in [0.25, 0.3) is 0 Å². The molecule has 4 rings (SSSR count). The highest BCUT2D eigenvalue weighted by atomic mass is 32.2. The van der Waals surface area contributed by atoms with Crippen LogP contribution in [-0.2, 0) is 9.84 Å². The van der Waals surface area contributed by atoms with Gasteiger partial charge in [0, 0.05) is 0 Å². The van der Waals surface area contributed by atoms with Crippen LogP contribution in [0.25, 0.3) is 0 Å². The Hall–Kier alpha value is -0.690. The maximum Gasteiger partial charge on any atom is 0.164 e. The van der Waals surface area contributed by atoms with Crippen LogP contribution < -0.4 is 0 Å². The zero-order chi connectivity index (χ0) is 24.2. The second-order valence-electron chi connectivity index (χ2n) is 12.3. The van der Waals surface area contributed by atoms with Crippen LogP contribution in [0.3, 0.4) is 0 Å². The van der Waals surface area contributed by atoms with Gasteiger partial charge >= 0.3 is 0 Å². The van der Waals surface area contributed by atoms with Crippen LogP contribution in [0.4, 0.5) is 0 Å². The van der Waals surface area contributed by atoms with Gasteiger partial charge < -0.3 is 15.3 Å². The molecular weight excluding hydrogens is 436 g/mol. The van der Waals surface area contributed by atoms with E-state index in [0.29, 0.717) is 43.4 Å². The van der Waals surface area contributed by atoms with Gasteiger partial charge in [-0.3, -0.25) is 0 Å². The first-order valence-corrected chi connectivity index (χ1v) is 14.8. The van der Waals surface area contributed by atoms with Crippen LogP contribution in [0, 0.1) is 23.2 Å². The van der Waals surface area contributed by atoms with Crippen molar-refractivity contribution in [2.45, 2.75) is 115 Å². The molecule has 1 heterocycles. The van der Waals surface area contributed by atoms with Gasteiger partial charge in [-0.1, -0.05) is 31.1 Å². The van der Waals surface area contributed by atoms with Gasteiger partial charge in [-0.05, 0) is 107 Å². The molecule has 0 amide bonds. The number of aliphatic hydroxyl groups is 3. The molecule has 0 saturated heterocycles. The average molecular weight is 481 g/mol. The highest BCUT2D eigenvalue weighted by molar-refractivity contribution is 7.92. The van der Waals surface area contributed by atoms with Crippen molar-refractivity contribution in [3.8, 4) is 0 Å². The zero-order valence-electron chi connectivity index (χ0n) is 20.9. The highest BCUT2D eigenvalue weighted by Crippen LogP contribution is 2.60. The van der Waals surface area contributed by atoms with E-state index in [0.717, 1.165) is 43.3 Å². The first kappa shape index (κ1) is 25.4. The van der Waals surface area contributed by atoms with Crippen LogP contribution >= 0.6 is 0 Å². The normalized spacial score (nSPS) is 39.4. The van der Waals surface area contributed by atoms with Gasteiger partial charge in [0.1, 0.15) is 5.25 Å². The van der Waals surface area contributed by atoms with Crippen molar-refractivity contribution in [2.75, 3.05) is 5.75 Å². The monoisotopic (exact) mass is 480 g/mol. The Morgan fingerprint density at radius 2 is 1.91 bits per heavy atom. The van der Waals surface area contributed by atoms with Crippen LogP contribution in [0.15, 0.2) is 22.8 Å². The Morgan fingerprint density at radius 1 is 1.18 bits per heavy atom. The highest BCUT2D eigenvalue weighted by Gasteiger charge is 2.51. The third-order valence-electron chi connectivity index (χ3n) is 9.60. The summed E-state index contributed by atoms with van der Waals surface area (Å²) in [6, 6.07) is 0. The number of hydrogen-bond acceptors (Lipinski definition) is 5. The lowest BCUT2D eigenvalue weighted by atomic mass is 9.60. The summed E-state index contributed by atoms with van der Waals surface area (Å²) in [4.78, 5) is 0. The molecule has 2 saturated carbocycles. The second-order valence-corrected chi connectivity index (χ2v) is 14.4. The molecule has 3 aliphatic carbocycles. The van der Waals surface area contributed by atoms with Crippen LogP contribution in [0.1, 0.15) is 91.9 Å². The SMILES string of the molecule is C[C@H](CC[C@@H](O)C(C)(C)O)[C@H]1CC[C@H]2/C(=C/C3C4=C(CC[C@H](O)C4)CS3(=O)=O)CCC[C@]12C. The maximum atomic E-state index is 13.1. The second kappa shape index (κ2) is 9.07. The molecule has 0 aromatic heterocycles. The van der Waals surface area contributed by atoms with Crippen molar-refractivity contribution in [1.82, 2.24) is 0 Å². The summed E-state index contributed by atoms with van der Waals surface area (Å²) in [5.74, 6) is 1.60. The Balaban J connectivity index is 1.53. The summed E-state index contributed by atoms with van der Waals surface area (Å²) >= 11 is 0. The van der Waals surface area contributed by atoms with E-state index in [1.165, 1.54) is 12.0 Å². The van der Waals surface area contributed by atoms with Crippen LogP contribution in [-0.4, -0.2) is 52.5 Å². The molecule has 0 bridgehead atoms. The van der Waals surface area contributed by atoms with E-state index >= 15 is 0 Å². The van der Waals surface area contributed by atoms with Gasteiger partial charge in [0.2, 0.25) is 0 Å². The Labute approximate surface area is 200 Å². The van der Waals surface area contributed by atoms with E-state index < -0.39 is 32.9 Å². The van der Waals surface area contributed by atoms with Gasteiger partial charge in [0.05, 0.1) is 23.6 Å². The van der Waals surface area contributed by atoms with E-state index in [2.05, 4.69) is 19.9 Å². The van der Waals surface area contributed by atoms with Crippen molar-refractivity contribution in [1.29, 1.82) is 0 Å². The quantitative estimate of drug-likeness (QED) is 0.492. The number of aliphatic hydroxyl groups excluding tert-OH is 2. The predicted molar refractivity (Wildman–Crippen MR) is 131 cm³/mol. The average Bonchev–Trinajstić information content (AvgIpc) is 3.19. The van der Waals surface area contributed by atoms with Crippen molar-refractivity contribution >= 4 is 9.84 Å². The summed E-state index contributed by atoms with van der Waals surface area (Å²) < 4.78 is 26.1. The molecule has 1 aliphatic heterocycles. The molecule has 0 aromatic rings. The molecule has 188 valence electrons. The van der Waals surface area contributed by atoms with Crippen molar-refractivity contribution in [3.05, 3.63) is 22.8 Å². The predicted octanol–water partition coefficient (Wildman–Crippen LogP) is 4.32. The van der Waals surface area contributed by atoms with Crippen LogP contribution in [0.2, 0.25) is 0 Å². The minimum atomic E-state index is -3.22. The van der Waals surface area contributed by atoms with Crippen molar-refractivity contribution in [2.24, 2.45) is 23.2 Å². The van der Waals surface area contributed by atoms with E-state index in [-0.39, 0.29) is 11.2 Å². The lowest BCUT2D eigenvalue weighted by Gasteiger charge is -2.45. The molecule has 0 spiro atoms. The van der Waals surface area contributed by atoms with Gasteiger partial charge in [-0.15, -0.1) is 0 Å². The van der Waals surface area contributed by atoms with Gasteiger partial charge in [0.15, 0.2) is 9.84 Å². The standard InChI is InChI=1S/C27H44O5S/c1-17(7-12-25(29)26(2,3)30)22-10-11-23-18(6-5-13-27(22,23)4)14-24-21-15-20(28)9-8-19(21)16-33(24,31)32/h14,17,20,22-25,28-30H,5-13,15-16H2,1-4H3/b18-14+/t17-,20+,22-,23+,24?,25-,27-/m1/s1. The Bertz CT molecular complexity index is 911. The number of hydrogen-bond donors (Lipinski definition) is 3. The van der Waals surface area contributed by atoms with Gasteiger partial charge in [-0.2, -0.15) is 0 Å². The first-order valence-electron chi connectivity index (χ1n) is 13.0. The fourth-order valence-electron chi connectivity index (χ4n) is 7.62. The van der Waals surface area contributed by atoms with Crippen molar-refractivity contribution < 1.29 is 23.7 Å². The lowest BCUT2D eigenvalue weighted by molar-refractivity contribution is -0.0554. The van der Waals surface area contributed by atoms with E-state index in [1.54, 1.807) is 13.8 Å². The third kappa shape index (κ3) is 4.87. The van der Waals surface area contributed by atoms with Crippen molar-refractivity contribution in [3.63, 3.8) is 0 Å². The molecule has 5 nitrogen and oxygen atoms in total. The molecule has 0 radical (unpaired) electrons. The summed E-state index contributed by atoms with van der Waals surface area (Å²) in [6.45, 7) is 8.02. The fourth-order valence-corrected chi connectivity index (χ4v) is 9.69. The summed E-state index contributed by atoms with van der Waals surface area (Å²) in [5, 5.41) is 30.1. The lowest BCUT2D eigenvalue weighted by Crippen LogP contribution is -2.38. The summed E-state index contributed by atoms with van der Waals surface area (Å²) in [6.07, 6.45) is 9.86. The molecule has 0 aromatic carbocycles. The summed E-state index contributed by atoms with van der Waals surface area (Å²) in [7, 11) is -3.22. The van der Waals surface area contributed by atoms with E-state index in [1.807, 2.05) is 0 Å².